The molecule has 1 amide bonds. The highest BCUT2D eigenvalue weighted by Gasteiger charge is 2.08. The van der Waals surface area contributed by atoms with Gasteiger partial charge in [-0.2, -0.15) is 0 Å². The predicted octanol–water partition coefficient (Wildman–Crippen LogP) is 3.13. The molecule has 4 nitrogen and oxygen atoms in total. The lowest BCUT2D eigenvalue weighted by Crippen LogP contribution is -2.12. The first-order chi connectivity index (χ1) is 9.63. The highest BCUT2D eigenvalue weighted by Crippen LogP contribution is 2.17. The van der Waals surface area contributed by atoms with E-state index in [1.165, 1.54) is 0 Å². The van der Waals surface area contributed by atoms with E-state index in [0.717, 1.165) is 16.5 Å². The zero-order valence-electron chi connectivity index (χ0n) is 11.4. The molecule has 0 fully saturated rings. The van der Waals surface area contributed by atoms with Crippen LogP contribution in [0.15, 0.2) is 48.8 Å². The molecule has 0 spiro atoms. The van der Waals surface area contributed by atoms with E-state index < -0.39 is 0 Å². The first-order valence-corrected chi connectivity index (χ1v) is 6.42. The lowest BCUT2D eigenvalue weighted by Gasteiger charge is -2.05. The smallest absolute Gasteiger partial charge is 0.256 e. The maximum atomic E-state index is 12.2. The van der Waals surface area contributed by atoms with Gasteiger partial charge in [-0.25, -0.2) is 4.98 Å². The normalized spacial score (nSPS) is 10.7. The summed E-state index contributed by atoms with van der Waals surface area (Å²) < 4.78 is 2.03. The summed E-state index contributed by atoms with van der Waals surface area (Å²) in [6.07, 6.45) is 3.71. The van der Waals surface area contributed by atoms with E-state index in [1.54, 1.807) is 12.3 Å². The molecule has 0 bridgehead atoms. The van der Waals surface area contributed by atoms with Gasteiger partial charge in [0.15, 0.2) is 0 Å². The van der Waals surface area contributed by atoms with Crippen molar-refractivity contribution >= 4 is 22.6 Å². The number of fused-ring (bicyclic) bond motifs is 1. The lowest BCUT2D eigenvalue weighted by atomic mass is 10.1. The lowest BCUT2D eigenvalue weighted by molar-refractivity contribution is 0.102. The van der Waals surface area contributed by atoms with E-state index in [1.807, 2.05) is 55.1 Å². The van der Waals surface area contributed by atoms with E-state index >= 15 is 0 Å². The number of hydrogen-bond donors (Lipinski definition) is 1. The summed E-state index contributed by atoms with van der Waals surface area (Å²) in [7, 11) is 1.98. The first kappa shape index (κ1) is 12.4. The van der Waals surface area contributed by atoms with Crippen molar-refractivity contribution in [2.24, 2.45) is 7.05 Å². The molecule has 3 aromatic rings. The molecule has 1 N–H and O–H groups in total. The molecule has 4 heteroatoms. The maximum absolute atomic E-state index is 12.2. The minimum absolute atomic E-state index is 0.146. The van der Waals surface area contributed by atoms with Gasteiger partial charge in [0.25, 0.3) is 5.91 Å². The predicted molar refractivity (Wildman–Crippen MR) is 79.8 cm³/mol. The number of hydrogen-bond acceptors (Lipinski definition) is 2. The second-order valence-electron chi connectivity index (χ2n) is 4.88. The molecule has 0 radical (unpaired) electrons. The van der Waals surface area contributed by atoms with Crippen LogP contribution in [0.4, 0.5) is 5.82 Å². The molecular weight excluding hydrogens is 250 g/mol. The van der Waals surface area contributed by atoms with Crippen molar-refractivity contribution < 1.29 is 4.79 Å². The largest absolute Gasteiger partial charge is 0.351 e. The second-order valence-corrected chi connectivity index (χ2v) is 4.88. The number of anilines is 1. The number of rotatable bonds is 2. The third-order valence-electron chi connectivity index (χ3n) is 3.30. The van der Waals surface area contributed by atoms with Crippen LogP contribution in [0.25, 0.3) is 10.9 Å². The summed E-state index contributed by atoms with van der Waals surface area (Å²) in [5.74, 6) is 0.417. The fourth-order valence-electron chi connectivity index (χ4n) is 2.15. The van der Waals surface area contributed by atoms with Crippen molar-refractivity contribution in [3.8, 4) is 0 Å². The Balaban J connectivity index is 1.86. The Morgan fingerprint density at radius 1 is 1.20 bits per heavy atom. The number of pyridine rings is 1. The molecule has 2 aromatic heterocycles. The third-order valence-corrected chi connectivity index (χ3v) is 3.30. The number of aromatic nitrogens is 2. The second kappa shape index (κ2) is 4.81. The van der Waals surface area contributed by atoms with Crippen molar-refractivity contribution in [1.29, 1.82) is 0 Å². The highest BCUT2D eigenvalue weighted by molar-refractivity contribution is 6.05. The molecule has 1 aromatic carbocycles. The molecule has 100 valence electrons. The molecule has 20 heavy (non-hydrogen) atoms. The average molecular weight is 265 g/mol. The zero-order valence-corrected chi connectivity index (χ0v) is 11.4. The Morgan fingerprint density at radius 2 is 2.05 bits per heavy atom. The molecular formula is C16H15N3O. The Labute approximate surface area is 117 Å². The first-order valence-electron chi connectivity index (χ1n) is 6.42. The van der Waals surface area contributed by atoms with Crippen molar-refractivity contribution in [2.45, 2.75) is 6.92 Å². The summed E-state index contributed by atoms with van der Waals surface area (Å²) in [5.41, 5.74) is 2.80. The topological polar surface area (TPSA) is 46.9 Å². The summed E-state index contributed by atoms with van der Waals surface area (Å²) in [4.78, 5) is 16.4. The van der Waals surface area contributed by atoms with Crippen LogP contribution >= 0.6 is 0 Å². The van der Waals surface area contributed by atoms with Crippen LogP contribution in [0.3, 0.4) is 0 Å². The van der Waals surface area contributed by atoms with Gasteiger partial charge in [-0.15, -0.1) is 0 Å². The number of benzene rings is 1. The summed E-state index contributed by atoms with van der Waals surface area (Å²) in [6.45, 7) is 1.96. The minimum atomic E-state index is -0.146. The summed E-state index contributed by atoms with van der Waals surface area (Å²) >= 11 is 0. The minimum Gasteiger partial charge on any atom is -0.351 e. The monoisotopic (exact) mass is 265 g/mol. The van der Waals surface area contributed by atoms with Gasteiger partial charge in [-0.05, 0) is 42.8 Å². The number of nitrogens with one attached hydrogen (secondary N) is 1. The molecule has 0 aliphatic rings. The molecule has 0 saturated carbocycles. The number of nitrogens with zero attached hydrogens (tertiary/aromatic N) is 2. The number of amides is 1. The van der Waals surface area contributed by atoms with Gasteiger partial charge in [0.05, 0.1) is 0 Å². The molecule has 0 aliphatic heterocycles. The van der Waals surface area contributed by atoms with E-state index in [-0.39, 0.29) is 5.91 Å². The van der Waals surface area contributed by atoms with Gasteiger partial charge >= 0.3 is 0 Å². The van der Waals surface area contributed by atoms with Crippen LogP contribution in [0.1, 0.15) is 15.9 Å². The van der Waals surface area contributed by atoms with Crippen molar-refractivity contribution in [1.82, 2.24) is 9.55 Å². The maximum Gasteiger partial charge on any atom is 0.256 e. The van der Waals surface area contributed by atoms with Crippen LogP contribution in [0, 0.1) is 6.92 Å². The average Bonchev–Trinajstić information content (AvgIpc) is 2.82. The van der Waals surface area contributed by atoms with Gasteiger partial charge in [-0.3, -0.25) is 4.79 Å². The molecule has 0 saturated heterocycles. The van der Waals surface area contributed by atoms with E-state index in [9.17, 15) is 4.79 Å². The number of aryl methyl sites for hydroxylation is 2. The van der Waals surface area contributed by atoms with Crippen molar-refractivity contribution in [2.75, 3.05) is 5.32 Å². The van der Waals surface area contributed by atoms with Crippen LogP contribution in [0.5, 0.6) is 0 Å². The van der Waals surface area contributed by atoms with Gasteiger partial charge < -0.3 is 9.88 Å². The van der Waals surface area contributed by atoms with Gasteiger partial charge in [0.2, 0.25) is 0 Å². The molecule has 0 aliphatic carbocycles. The standard InChI is InChI=1S/C16H15N3O/c1-11-3-6-15(17-10-11)18-16(20)13-4-5-14-12(9-13)7-8-19(14)2/h3-10H,1-2H3,(H,17,18,20). The SMILES string of the molecule is Cc1ccc(NC(=O)c2ccc3c(ccn3C)c2)nc1. The van der Waals surface area contributed by atoms with Gasteiger partial charge in [0, 0.05) is 35.9 Å². The summed E-state index contributed by atoms with van der Waals surface area (Å²) in [5, 5.41) is 3.85. The van der Waals surface area contributed by atoms with Gasteiger partial charge in [-0.1, -0.05) is 6.07 Å². The molecule has 2 heterocycles. The fraction of sp³-hybridized carbons (Fsp3) is 0.125. The molecule has 0 atom stereocenters. The van der Waals surface area contributed by atoms with E-state index in [4.69, 9.17) is 0 Å². The molecule has 0 unspecified atom stereocenters. The third kappa shape index (κ3) is 2.28. The quantitative estimate of drug-likeness (QED) is 0.773. The fourth-order valence-corrected chi connectivity index (χ4v) is 2.15. The number of carbonyl (C=O) groups excluding carboxylic acids is 1. The molecule has 3 rings (SSSR count). The Kier molecular flexibility index (Phi) is 2.99. The Morgan fingerprint density at radius 3 is 2.80 bits per heavy atom. The van der Waals surface area contributed by atoms with Crippen LogP contribution in [-0.4, -0.2) is 15.5 Å². The van der Waals surface area contributed by atoms with E-state index in [2.05, 4.69) is 10.3 Å². The number of carbonyl (C=O) groups is 1. The van der Waals surface area contributed by atoms with Gasteiger partial charge in [0.1, 0.15) is 5.82 Å². The van der Waals surface area contributed by atoms with Crippen LogP contribution < -0.4 is 5.32 Å². The summed E-state index contributed by atoms with van der Waals surface area (Å²) in [6, 6.07) is 11.4. The van der Waals surface area contributed by atoms with Crippen molar-refractivity contribution in [3.05, 3.63) is 59.9 Å². The van der Waals surface area contributed by atoms with Crippen LogP contribution in [0.2, 0.25) is 0 Å². The zero-order chi connectivity index (χ0) is 14.1. The highest BCUT2D eigenvalue weighted by atomic mass is 16.1. The van der Waals surface area contributed by atoms with Crippen molar-refractivity contribution in [3.63, 3.8) is 0 Å². The Hall–Kier alpha value is -2.62. The Bertz CT molecular complexity index is 772. The van der Waals surface area contributed by atoms with Crippen LogP contribution in [-0.2, 0) is 7.05 Å². The van der Waals surface area contributed by atoms with E-state index in [0.29, 0.717) is 11.4 Å².